The third-order valence-electron chi connectivity index (χ3n) is 9.61. The fourth-order valence-electron chi connectivity index (χ4n) is 7.50. The van der Waals surface area contributed by atoms with Crippen LogP contribution >= 0.6 is 0 Å². The van der Waals surface area contributed by atoms with Crippen molar-refractivity contribution in [2.75, 3.05) is 0 Å². The van der Waals surface area contributed by atoms with E-state index >= 15 is 0 Å². The molecule has 4 aliphatic rings. The van der Waals surface area contributed by atoms with E-state index in [0.29, 0.717) is 17.3 Å². The maximum Gasteiger partial charge on any atom is 0.313 e. The molecule has 4 rings (SSSR count). The Morgan fingerprint density at radius 1 is 1.08 bits per heavy atom. The van der Waals surface area contributed by atoms with Crippen molar-refractivity contribution in [1.29, 1.82) is 0 Å². The molecule has 0 aromatic carbocycles. The van der Waals surface area contributed by atoms with Crippen molar-refractivity contribution in [2.45, 2.75) is 85.2 Å². The molecule has 0 unspecified atom stereocenters. The van der Waals surface area contributed by atoms with Crippen LogP contribution in [0, 0.1) is 39.9 Å². The summed E-state index contributed by atoms with van der Waals surface area (Å²) in [6, 6.07) is 0. The number of aliphatic hydroxyl groups excluding tert-OH is 1. The van der Waals surface area contributed by atoms with E-state index in [0.717, 1.165) is 36.7 Å². The molecule has 0 aromatic heterocycles. The third-order valence-corrected chi connectivity index (χ3v) is 9.61. The largest absolute Gasteiger partial charge is 0.481 e. The maximum atomic E-state index is 11.7. The number of rotatable bonds is 2. The second-order valence-electron chi connectivity index (χ2n) is 10.9. The van der Waals surface area contributed by atoms with Crippen LogP contribution in [0.3, 0.4) is 0 Å². The molecule has 0 amide bonds. The lowest BCUT2D eigenvalue weighted by Gasteiger charge is -2.60. The molecule has 26 heavy (non-hydrogen) atoms. The van der Waals surface area contributed by atoms with Gasteiger partial charge in [0, 0.05) is 0 Å². The van der Waals surface area contributed by atoms with Crippen molar-refractivity contribution in [3.05, 3.63) is 11.6 Å². The summed E-state index contributed by atoms with van der Waals surface area (Å²) in [6.45, 7) is 8.56. The second kappa shape index (κ2) is 5.83. The van der Waals surface area contributed by atoms with Crippen LogP contribution in [0.2, 0.25) is 0 Å². The summed E-state index contributed by atoms with van der Waals surface area (Å²) < 4.78 is 0. The Labute approximate surface area is 158 Å². The average Bonchev–Trinajstić information content (AvgIpc) is 2.89. The predicted octanol–water partition coefficient (Wildman–Crippen LogP) is 5.04. The molecular weight excluding hydrogens is 324 g/mol. The summed E-state index contributed by atoms with van der Waals surface area (Å²) in [6.07, 6.45) is 11.3. The van der Waals surface area contributed by atoms with E-state index in [1.807, 2.05) is 13.8 Å². The van der Waals surface area contributed by atoms with Crippen LogP contribution in [0.25, 0.3) is 0 Å². The van der Waals surface area contributed by atoms with Gasteiger partial charge in [0.2, 0.25) is 0 Å². The first-order valence-electron chi connectivity index (χ1n) is 10.7. The topological polar surface area (TPSA) is 57.5 Å². The predicted molar refractivity (Wildman–Crippen MR) is 103 cm³/mol. The van der Waals surface area contributed by atoms with Crippen LogP contribution in [-0.4, -0.2) is 22.3 Å². The van der Waals surface area contributed by atoms with E-state index < -0.39 is 11.4 Å². The molecule has 0 radical (unpaired) electrons. The molecule has 0 saturated heterocycles. The van der Waals surface area contributed by atoms with Crippen LogP contribution in [0.5, 0.6) is 0 Å². The first-order chi connectivity index (χ1) is 12.1. The van der Waals surface area contributed by atoms with Gasteiger partial charge in [-0.2, -0.15) is 0 Å². The zero-order valence-electron chi connectivity index (χ0n) is 16.9. The normalized spacial score (nSPS) is 48.2. The molecule has 0 aliphatic heterocycles. The Kier molecular flexibility index (Phi) is 4.16. The highest BCUT2D eigenvalue weighted by molar-refractivity contribution is 5.77. The molecule has 3 nitrogen and oxygen atoms in total. The number of aliphatic hydroxyl groups is 1. The van der Waals surface area contributed by atoms with Gasteiger partial charge in [-0.05, 0) is 99.7 Å². The van der Waals surface area contributed by atoms with Crippen molar-refractivity contribution in [3.8, 4) is 0 Å². The van der Waals surface area contributed by atoms with Gasteiger partial charge in [0.05, 0.1) is 11.5 Å². The smallest absolute Gasteiger partial charge is 0.313 e. The summed E-state index contributed by atoms with van der Waals surface area (Å²) in [5, 5.41) is 20.2. The molecule has 0 bridgehead atoms. The van der Waals surface area contributed by atoms with Gasteiger partial charge in [-0.1, -0.05) is 25.5 Å². The average molecular weight is 361 g/mol. The Bertz CT molecular complexity index is 635. The Morgan fingerprint density at radius 3 is 2.46 bits per heavy atom. The summed E-state index contributed by atoms with van der Waals surface area (Å²) in [4.78, 5) is 11.7. The lowest BCUT2D eigenvalue weighted by atomic mass is 9.45. The molecule has 146 valence electrons. The van der Waals surface area contributed by atoms with Gasteiger partial charge in [0.15, 0.2) is 0 Å². The van der Waals surface area contributed by atoms with Gasteiger partial charge in [-0.3, -0.25) is 4.79 Å². The van der Waals surface area contributed by atoms with Crippen LogP contribution in [0.15, 0.2) is 11.6 Å². The summed E-state index contributed by atoms with van der Waals surface area (Å²) >= 11 is 0. The third kappa shape index (κ3) is 2.38. The first kappa shape index (κ1) is 18.5. The van der Waals surface area contributed by atoms with Gasteiger partial charge < -0.3 is 10.2 Å². The highest BCUT2D eigenvalue weighted by atomic mass is 16.4. The number of fused-ring (bicyclic) bond motifs is 5. The van der Waals surface area contributed by atoms with Crippen molar-refractivity contribution >= 4 is 5.97 Å². The molecule has 7 atom stereocenters. The standard InChI is InChI=1S/C23H36O3/c1-21(2,20(25)26)14-9-11-22(3)15(13-14)5-6-16-17-7-8-19(24)23(17,4)12-10-18(16)22/h9,15-19,24H,5-8,10-13H2,1-4H3,(H,25,26)/t15-,16-,17-,18-,19-,22-,23-/m0/s1. The quantitative estimate of drug-likeness (QED) is 0.679. The zero-order chi connectivity index (χ0) is 18.9. The minimum atomic E-state index is -0.737. The Morgan fingerprint density at radius 2 is 1.77 bits per heavy atom. The number of hydrogen-bond acceptors (Lipinski definition) is 2. The van der Waals surface area contributed by atoms with Crippen LogP contribution in [0.4, 0.5) is 0 Å². The number of carboxylic acids is 1. The van der Waals surface area contributed by atoms with E-state index in [1.165, 1.54) is 32.1 Å². The molecule has 3 heteroatoms. The Hall–Kier alpha value is -0.830. The van der Waals surface area contributed by atoms with E-state index in [9.17, 15) is 15.0 Å². The zero-order valence-corrected chi connectivity index (χ0v) is 16.9. The molecular formula is C23H36O3. The van der Waals surface area contributed by atoms with Crippen molar-refractivity contribution in [2.24, 2.45) is 39.9 Å². The molecule has 3 saturated carbocycles. The number of allylic oxidation sites excluding steroid dienone is 1. The van der Waals surface area contributed by atoms with Gasteiger partial charge in [0.25, 0.3) is 0 Å². The first-order valence-corrected chi connectivity index (χ1v) is 10.7. The minimum Gasteiger partial charge on any atom is -0.481 e. The fourth-order valence-corrected chi connectivity index (χ4v) is 7.50. The van der Waals surface area contributed by atoms with E-state index in [4.69, 9.17) is 0 Å². The lowest BCUT2D eigenvalue weighted by molar-refractivity contribution is -0.145. The van der Waals surface area contributed by atoms with E-state index in [2.05, 4.69) is 19.9 Å². The molecule has 2 N–H and O–H groups in total. The summed E-state index contributed by atoms with van der Waals surface area (Å²) in [5.41, 5.74) is 0.864. The molecule has 0 heterocycles. The second-order valence-corrected chi connectivity index (χ2v) is 10.9. The number of carboxylic acid groups (broad SMARTS) is 1. The van der Waals surface area contributed by atoms with Gasteiger partial charge in [0.1, 0.15) is 0 Å². The minimum absolute atomic E-state index is 0.104. The van der Waals surface area contributed by atoms with Crippen LogP contribution in [-0.2, 0) is 4.79 Å². The van der Waals surface area contributed by atoms with Crippen molar-refractivity contribution in [3.63, 3.8) is 0 Å². The van der Waals surface area contributed by atoms with Crippen molar-refractivity contribution in [1.82, 2.24) is 0 Å². The highest BCUT2D eigenvalue weighted by Gasteiger charge is 2.59. The maximum absolute atomic E-state index is 11.7. The molecule has 0 spiro atoms. The van der Waals surface area contributed by atoms with Crippen molar-refractivity contribution < 1.29 is 15.0 Å². The monoisotopic (exact) mass is 360 g/mol. The van der Waals surface area contributed by atoms with Gasteiger partial charge in [-0.15, -0.1) is 0 Å². The molecule has 4 aliphatic carbocycles. The number of hydrogen-bond donors (Lipinski definition) is 2. The van der Waals surface area contributed by atoms with Crippen LogP contribution in [0.1, 0.15) is 79.1 Å². The SMILES string of the molecule is CC(C)(C(=O)O)C1=CC[C@@]2(C)[C@@H](CC[C@@H]3[C@@H]2CC[C@]2(C)[C@@H](O)CC[C@@H]32)C1. The van der Waals surface area contributed by atoms with E-state index in [1.54, 1.807) is 0 Å². The summed E-state index contributed by atoms with van der Waals surface area (Å²) in [5.74, 6) is 2.12. The van der Waals surface area contributed by atoms with Gasteiger partial charge in [-0.25, -0.2) is 0 Å². The molecule has 0 aromatic rings. The molecule has 3 fully saturated rings. The van der Waals surface area contributed by atoms with E-state index in [-0.39, 0.29) is 11.5 Å². The van der Waals surface area contributed by atoms with Crippen LogP contribution < -0.4 is 0 Å². The number of aliphatic carboxylic acids is 1. The fraction of sp³-hybridized carbons (Fsp3) is 0.870. The summed E-state index contributed by atoms with van der Waals surface area (Å²) in [7, 11) is 0. The number of carbonyl (C=O) groups is 1. The Balaban J connectivity index is 1.61. The lowest BCUT2D eigenvalue weighted by Crippen LogP contribution is -2.53. The highest BCUT2D eigenvalue weighted by Crippen LogP contribution is 2.66. The van der Waals surface area contributed by atoms with Gasteiger partial charge >= 0.3 is 5.97 Å².